The van der Waals surface area contributed by atoms with Crippen LogP contribution in [-0.4, -0.2) is 52.2 Å². The highest BCUT2D eigenvalue weighted by Crippen LogP contribution is 2.33. The van der Waals surface area contributed by atoms with Crippen LogP contribution in [0.5, 0.6) is 5.75 Å². The van der Waals surface area contributed by atoms with Crippen molar-refractivity contribution < 1.29 is 17.9 Å². The Kier molecular flexibility index (Phi) is 3.89. The van der Waals surface area contributed by atoms with Gasteiger partial charge in [0.05, 0.1) is 11.9 Å². The summed E-state index contributed by atoms with van der Waals surface area (Å²) < 4.78 is 30.8. The van der Waals surface area contributed by atoms with Gasteiger partial charge < -0.3 is 9.64 Å². The largest absolute Gasteiger partial charge is 0.478 e. The molecule has 0 radical (unpaired) electrons. The lowest BCUT2D eigenvalue weighted by Gasteiger charge is -2.20. The van der Waals surface area contributed by atoms with Crippen molar-refractivity contribution >= 4 is 21.6 Å². The molecule has 0 spiro atoms. The molecule has 2 rings (SSSR count). The van der Waals surface area contributed by atoms with E-state index in [1.807, 2.05) is 0 Å². The van der Waals surface area contributed by atoms with Crippen molar-refractivity contribution in [2.75, 3.05) is 31.2 Å². The smallest absolute Gasteiger partial charge is 0.263 e. The van der Waals surface area contributed by atoms with Crippen molar-refractivity contribution in [3.63, 3.8) is 0 Å². The van der Waals surface area contributed by atoms with Gasteiger partial charge in [0.15, 0.2) is 6.10 Å². The number of benzene rings is 1. The molecule has 0 saturated carbocycles. The van der Waals surface area contributed by atoms with Gasteiger partial charge in [-0.2, -0.15) is 0 Å². The van der Waals surface area contributed by atoms with E-state index in [9.17, 15) is 13.2 Å². The fourth-order valence-corrected chi connectivity index (χ4v) is 3.08. The SMILES string of the molecule is CN(C)C(=O)C1CCN(S(C)(=O)=O)c2ccccc2O1. The quantitative estimate of drug-likeness (QED) is 0.806. The molecule has 1 amide bonds. The first-order valence-corrected chi connectivity index (χ1v) is 8.10. The Morgan fingerprint density at radius 3 is 2.60 bits per heavy atom. The first-order chi connectivity index (χ1) is 9.30. The lowest BCUT2D eigenvalue weighted by Crippen LogP contribution is -2.39. The summed E-state index contributed by atoms with van der Waals surface area (Å²) in [5, 5.41) is 0. The third-order valence-corrected chi connectivity index (χ3v) is 4.29. The Morgan fingerprint density at radius 1 is 1.35 bits per heavy atom. The molecule has 0 N–H and O–H groups in total. The molecule has 0 fully saturated rings. The molecule has 20 heavy (non-hydrogen) atoms. The highest BCUT2D eigenvalue weighted by molar-refractivity contribution is 7.92. The number of amides is 1. The predicted molar refractivity (Wildman–Crippen MR) is 76.4 cm³/mol. The summed E-state index contributed by atoms with van der Waals surface area (Å²) >= 11 is 0. The van der Waals surface area contributed by atoms with E-state index < -0.39 is 16.1 Å². The van der Waals surface area contributed by atoms with Crippen molar-refractivity contribution in [2.24, 2.45) is 0 Å². The Balaban J connectivity index is 2.41. The second kappa shape index (κ2) is 5.32. The zero-order chi connectivity index (χ0) is 14.9. The van der Waals surface area contributed by atoms with Gasteiger partial charge in [-0.25, -0.2) is 8.42 Å². The van der Waals surface area contributed by atoms with Gasteiger partial charge in [0.2, 0.25) is 10.0 Å². The Morgan fingerprint density at radius 2 is 2.00 bits per heavy atom. The van der Waals surface area contributed by atoms with Crippen LogP contribution in [0.3, 0.4) is 0 Å². The molecule has 0 saturated heterocycles. The summed E-state index contributed by atoms with van der Waals surface area (Å²) in [7, 11) is -0.104. The standard InChI is InChI=1S/C13H18N2O4S/c1-14(2)13(16)12-8-9-15(20(3,17)18)10-6-4-5-7-11(10)19-12/h4-7,12H,8-9H2,1-3H3. The number of para-hydroxylation sites is 2. The molecule has 1 unspecified atom stereocenters. The minimum absolute atomic E-state index is 0.171. The van der Waals surface area contributed by atoms with Crippen molar-refractivity contribution in [2.45, 2.75) is 12.5 Å². The van der Waals surface area contributed by atoms with Crippen molar-refractivity contribution in [1.29, 1.82) is 0 Å². The number of hydrogen-bond acceptors (Lipinski definition) is 4. The van der Waals surface area contributed by atoms with E-state index in [4.69, 9.17) is 4.74 Å². The van der Waals surface area contributed by atoms with E-state index in [2.05, 4.69) is 0 Å². The summed E-state index contributed by atoms with van der Waals surface area (Å²) in [6, 6.07) is 6.85. The van der Waals surface area contributed by atoms with Crippen molar-refractivity contribution in [3.05, 3.63) is 24.3 Å². The number of rotatable bonds is 2. The van der Waals surface area contributed by atoms with Crippen LogP contribution in [0, 0.1) is 0 Å². The number of nitrogens with zero attached hydrogens (tertiary/aromatic N) is 2. The number of carbonyl (C=O) groups is 1. The summed E-state index contributed by atoms with van der Waals surface area (Å²) in [6.45, 7) is 0.222. The van der Waals surface area contributed by atoms with E-state index in [0.717, 1.165) is 6.26 Å². The van der Waals surface area contributed by atoms with Gasteiger partial charge in [-0.15, -0.1) is 0 Å². The van der Waals surface area contributed by atoms with E-state index >= 15 is 0 Å². The van der Waals surface area contributed by atoms with Gasteiger partial charge in [0.25, 0.3) is 5.91 Å². The third-order valence-electron chi connectivity index (χ3n) is 3.11. The molecular weight excluding hydrogens is 280 g/mol. The fourth-order valence-electron chi connectivity index (χ4n) is 2.14. The van der Waals surface area contributed by atoms with Gasteiger partial charge in [0.1, 0.15) is 5.75 Å². The molecule has 1 atom stereocenters. The number of fused-ring (bicyclic) bond motifs is 1. The minimum atomic E-state index is -3.40. The zero-order valence-corrected chi connectivity index (χ0v) is 12.6. The maximum Gasteiger partial charge on any atom is 0.263 e. The zero-order valence-electron chi connectivity index (χ0n) is 11.7. The summed E-state index contributed by atoms with van der Waals surface area (Å²) in [6.07, 6.45) is 0.800. The summed E-state index contributed by atoms with van der Waals surface area (Å²) in [5.74, 6) is 0.241. The molecule has 1 aromatic rings. The molecule has 110 valence electrons. The molecule has 6 nitrogen and oxygen atoms in total. The van der Waals surface area contributed by atoms with Crippen LogP contribution < -0.4 is 9.04 Å². The van der Waals surface area contributed by atoms with Crippen molar-refractivity contribution in [3.8, 4) is 5.75 Å². The maximum absolute atomic E-state index is 12.0. The van der Waals surface area contributed by atoms with Crippen LogP contribution in [0.2, 0.25) is 0 Å². The lowest BCUT2D eigenvalue weighted by atomic mass is 10.2. The summed E-state index contributed by atoms with van der Waals surface area (Å²) in [5.41, 5.74) is 0.476. The number of likely N-dealkylation sites (N-methyl/N-ethyl adjacent to an activating group) is 1. The molecule has 0 bridgehead atoms. The molecule has 0 aromatic heterocycles. The highest BCUT2D eigenvalue weighted by Gasteiger charge is 2.31. The average molecular weight is 298 g/mol. The number of hydrogen-bond donors (Lipinski definition) is 0. The number of carbonyl (C=O) groups excluding carboxylic acids is 1. The Labute approximate surface area is 119 Å². The summed E-state index contributed by atoms with van der Waals surface area (Å²) in [4.78, 5) is 13.5. The third kappa shape index (κ3) is 2.87. The highest BCUT2D eigenvalue weighted by atomic mass is 32.2. The fraction of sp³-hybridized carbons (Fsp3) is 0.462. The van der Waals surface area contributed by atoms with Crippen LogP contribution >= 0.6 is 0 Å². The molecule has 1 aliphatic heterocycles. The monoisotopic (exact) mass is 298 g/mol. The van der Waals surface area contributed by atoms with Crippen LogP contribution in [0.1, 0.15) is 6.42 Å². The normalized spacial score (nSPS) is 18.8. The molecule has 7 heteroatoms. The maximum atomic E-state index is 12.0. The van der Waals surface area contributed by atoms with Crippen molar-refractivity contribution in [1.82, 2.24) is 4.90 Å². The molecular formula is C13H18N2O4S. The lowest BCUT2D eigenvalue weighted by molar-refractivity contribution is -0.136. The van der Waals surface area contributed by atoms with Gasteiger partial charge in [-0.1, -0.05) is 12.1 Å². The first-order valence-electron chi connectivity index (χ1n) is 6.25. The van der Waals surface area contributed by atoms with Crippen LogP contribution in [0.15, 0.2) is 24.3 Å². The number of sulfonamides is 1. The minimum Gasteiger partial charge on any atom is -0.478 e. The van der Waals surface area contributed by atoms with Crippen LogP contribution in [0.4, 0.5) is 5.69 Å². The van der Waals surface area contributed by atoms with Gasteiger partial charge in [0, 0.05) is 27.1 Å². The average Bonchev–Trinajstić information content (AvgIpc) is 2.56. The van der Waals surface area contributed by atoms with E-state index in [1.54, 1.807) is 38.4 Å². The van der Waals surface area contributed by atoms with E-state index in [-0.39, 0.29) is 12.5 Å². The number of anilines is 1. The second-order valence-corrected chi connectivity index (χ2v) is 6.84. The molecule has 1 aromatic carbocycles. The van der Waals surface area contributed by atoms with Crippen LogP contribution in [0.25, 0.3) is 0 Å². The van der Waals surface area contributed by atoms with E-state index in [1.165, 1.54) is 9.21 Å². The molecule has 1 aliphatic rings. The number of ether oxygens (including phenoxy) is 1. The molecule has 0 aliphatic carbocycles. The molecule has 1 heterocycles. The topological polar surface area (TPSA) is 66.9 Å². The first kappa shape index (κ1) is 14.6. The van der Waals surface area contributed by atoms with Gasteiger partial charge >= 0.3 is 0 Å². The predicted octanol–water partition coefficient (Wildman–Crippen LogP) is 0.692. The van der Waals surface area contributed by atoms with Gasteiger partial charge in [-0.05, 0) is 12.1 Å². The van der Waals surface area contributed by atoms with Gasteiger partial charge in [-0.3, -0.25) is 9.10 Å². The second-order valence-electron chi connectivity index (χ2n) is 4.93. The van der Waals surface area contributed by atoms with Crippen LogP contribution in [-0.2, 0) is 14.8 Å². The van der Waals surface area contributed by atoms with E-state index in [0.29, 0.717) is 17.9 Å². The Bertz CT molecular complexity index is 613. The Hall–Kier alpha value is -1.76.